The molecule has 0 atom stereocenters. The van der Waals surface area contributed by atoms with Crippen LogP contribution in [0.2, 0.25) is 0 Å². The largest absolute Gasteiger partial charge is 0.393 e. The molecule has 0 amide bonds. The Morgan fingerprint density at radius 1 is 1.82 bits per heavy atom. The van der Waals surface area contributed by atoms with E-state index in [4.69, 9.17) is 5.73 Å². The number of allylic oxidation sites excluding steroid dienone is 2. The van der Waals surface area contributed by atoms with E-state index in [-0.39, 0.29) is 11.4 Å². The molecule has 0 spiro atoms. The molecule has 0 aliphatic heterocycles. The number of aliphatic imine (C=N–C) groups is 1. The van der Waals surface area contributed by atoms with E-state index in [0.29, 0.717) is 0 Å². The first kappa shape index (κ1) is 9.35. The summed E-state index contributed by atoms with van der Waals surface area (Å²) in [7, 11) is 1.43. The topological polar surface area (TPSA) is 81.5 Å². The van der Waals surface area contributed by atoms with Crippen LogP contribution in [0.3, 0.4) is 0 Å². The van der Waals surface area contributed by atoms with Crippen molar-refractivity contribution in [1.82, 2.24) is 0 Å². The Morgan fingerprint density at radius 3 is 2.64 bits per heavy atom. The van der Waals surface area contributed by atoms with Crippen molar-refractivity contribution in [3.05, 3.63) is 34.2 Å². The number of hydrogen-bond acceptors (Lipinski definition) is 4. The quantitative estimate of drug-likeness (QED) is 0.276. The van der Waals surface area contributed by atoms with Crippen molar-refractivity contribution in [3.8, 4) is 0 Å². The van der Waals surface area contributed by atoms with Crippen LogP contribution in [0.15, 0.2) is 29.0 Å². The van der Waals surface area contributed by atoms with Crippen LogP contribution in [0.25, 0.3) is 0 Å². The van der Waals surface area contributed by atoms with Crippen LogP contribution >= 0.6 is 0 Å². The van der Waals surface area contributed by atoms with E-state index >= 15 is 0 Å². The number of nitrogens with two attached hydrogens (primary N) is 1. The maximum atomic E-state index is 10.2. The SMILES string of the molecule is C=CC(N)=C(C=NC)[N+](=O)[O-]. The Bertz CT molecular complexity index is 230. The summed E-state index contributed by atoms with van der Waals surface area (Å²) in [6.45, 7) is 3.30. The lowest BCUT2D eigenvalue weighted by Gasteiger charge is -1.92. The molecule has 0 rings (SSSR count). The maximum absolute atomic E-state index is 10.2. The van der Waals surface area contributed by atoms with Gasteiger partial charge in [-0.05, 0) is 6.08 Å². The molecule has 0 aromatic heterocycles. The lowest BCUT2D eigenvalue weighted by molar-refractivity contribution is -0.415. The maximum Gasteiger partial charge on any atom is 0.309 e. The first-order valence-electron chi connectivity index (χ1n) is 2.82. The van der Waals surface area contributed by atoms with Crippen LogP contribution < -0.4 is 5.73 Å². The zero-order valence-corrected chi connectivity index (χ0v) is 6.15. The summed E-state index contributed by atoms with van der Waals surface area (Å²) in [5.74, 6) is 0. The highest BCUT2D eigenvalue weighted by atomic mass is 16.6. The van der Waals surface area contributed by atoms with Crippen molar-refractivity contribution in [1.29, 1.82) is 0 Å². The van der Waals surface area contributed by atoms with Gasteiger partial charge in [-0.15, -0.1) is 0 Å². The van der Waals surface area contributed by atoms with Crippen LogP contribution in [0.1, 0.15) is 0 Å². The molecule has 5 nitrogen and oxygen atoms in total. The van der Waals surface area contributed by atoms with Gasteiger partial charge in [-0.25, -0.2) is 0 Å². The summed E-state index contributed by atoms with van der Waals surface area (Å²) in [5.41, 5.74) is 5.01. The van der Waals surface area contributed by atoms with E-state index in [9.17, 15) is 10.1 Å². The zero-order valence-electron chi connectivity index (χ0n) is 6.15. The van der Waals surface area contributed by atoms with E-state index in [1.807, 2.05) is 0 Å². The van der Waals surface area contributed by atoms with Crippen LogP contribution in [-0.2, 0) is 0 Å². The number of hydrogen-bond donors (Lipinski definition) is 1. The average molecular weight is 155 g/mol. The smallest absolute Gasteiger partial charge is 0.309 e. The molecule has 2 N–H and O–H groups in total. The Kier molecular flexibility index (Phi) is 3.58. The third kappa shape index (κ3) is 2.61. The van der Waals surface area contributed by atoms with Gasteiger partial charge in [0.2, 0.25) is 0 Å². The van der Waals surface area contributed by atoms with Gasteiger partial charge >= 0.3 is 5.70 Å². The number of nitro groups is 1. The van der Waals surface area contributed by atoms with E-state index in [2.05, 4.69) is 11.6 Å². The molecule has 60 valence electrons. The summed E-state index contributed by atoms with van der Waals surface area (Å²) in [5, 5.41) is 10.2. The van der Waals surface area contributed by atoms with Crippen molar-refractivity contribution in [2.24, 2.45) is 10.7 Å². The molecule has 0 saturated heterocycles. The lowest BCUT2D eigenvalue weighted by atomic mass is 10.3. The highest BCUT2D eigenvalue weighted by Gasteiger charge is 2.09. The van der Waals surface area contributed by atoms with Crippen LogP contribution in [0.4, 0.5) is 0 Å². The summed E-state index contributed by atoms with van der Waals surface area (Å²) in [6, 6.07) is 0. The predicted molar refractivity (Wildman–Crippen MR) is 42.8 cm³/mol. The first-order valence-corrected chi connectivity index (χ1v) is 2.82. The van der Waals surface area contributed by atoms with Crippen LogP contribution in [0.5, 0.6) is 0 Å². The molecule has 0 saturated carbocycles. The standard InChI is InChI=1S/C6H9N3O2/c1-3-5(7)6(4-8-2)9(10)11/h3-4H,1,7H2,2H3. The van der Waals surface area contributed by atoms with E-state index < -0.39 is 4.92 Å². The molecule has 0 unspecified atom stereocenters. The van der Waals surface area contributed by atoms with Crippen molar-refractivity contribution in [2.75, 3.05) is 7.05 Å². The minimum Gasteiger partial charge on any atom is -0.393 e. The molecule has 0 aliphatic rings. The lowest BCUT2D eigenvalue weighted by Crippen LogP contribution is -2.08. The summed E-state index contributed by atoms with van der Waals surface area (Å²) in [4.78, 5) is 13.1. The molecule has 0 aromatic carbocycles. The fourth-order valence-corrected chi connectivity index (χ4v) is 0.454. The Balaban J connectivity index is 4.87. The summed E-state index contributed by atoms with van der Waals surface area (Å²) < 4.78 is 0. The number of rotatable bonds is 3. The molecular formula is C6H9N3O2. The molecule has 0 aliphatic carbocycles. The summed E-state index contributed by atoms with van der Waals surface area (Å²) >= 11 is 0. The average Bonchev–Trinajstić information content (AvgIpc) is 1.98. The number of nitrogens with zero attached hydrogens (tertiary/aromatic N) is 2. The van der Waals surface area contributed by atoms with E-state index in [1.54, 1.807) is 0 Å². The second-order valence-corrected chi connectivity index (χ2v) is 1.69. The van der Waals surface area contributed by atoms with E-state index in [1.165, 1.54) is 13.1 Å². The fourth-order valence-electron chi connectivity index (χ4n) is 0.454. The van der Waals surface area contributed by atoms with Crippen molar-refractivity contribution >= 4 is 6.21 Å². The minimum atomic E-state index is -0.607. The second-order valence-electron chi connectivity index (χ2n) is 1.69. The molecule has 0 heterocycles. The van der Waals surface area contributed by atoms with Gasteiger partial charge < -0.3 is 5.73 Å². The van der Waals surface area contributed by atoms with Gasteiger partial charge in [0.05, 0.1) is 4.92 Å². The Hall–Kier alpha value is -1.65. The van der Waals surface area contributed by atoms with Gasteiger partial charge in [-0.1, -0.05) is 6.58 Å². The van der Waals surface area contributed by atoms with Crippen molar-refractivity contribution < 1.29 is 4.92 Å². The van der Waals surface area contributed by atoms with Crippen LogP contribution in [0, 0.1) is 10.1 Å². The third-order valence-electron chi connectivity index (χ3n) is 0.964. The minimum absolute atomic E-state index is 0.0144. The van der Waals surface area contributed by atoms with Gasteiger partial charge in [0, 0.05) is 7.05 Å². The second kappa shape index (κ2) is 4.21. The van der Waals surface area contributed by atoms with Crippen molar-refractivity contribution in [3.63, 3.8) is 0 Å². The normalized spacial score (nSPS) is 12.8. The molecular weight excluding hydrogens is 146 g/mol. The molecule has 0 bridgehead atoms. The molecule has 0 radical (unpaired) electrons. The Morgan fingerprint density at radius 2 is 2.36 bits per heavy atom. The van der Waals surface area contributed by atoms with Gasteiger partial charge in [-0.3, -0.25) is 15.1 Å². The predicted octanol–water partition coefficient (Wildman–Crippen LogP) is 0.320. The third-order valence-corrected chi connectivity index (χ3v) is 0.964. The first-order chi connectivity index (χ1) is 5.13. The van der Waals surface area contributed by atoms with Crippen molar-refractivity contribution in [2.45, 2.75) is 0 Å². The summed E-state index contributed by atoms with van der Waals surface area (Å²) in [6.07, 6.45) is 2.29. The molecule has 11 heavy (non-hydrogen) atoms. The van der Waals surface area contributed by atoms with E-state index in [0.717, 1.165) is 6.21 Å². The van der Waals surface area contributed by atoms with Gasteiger partial charge in [-0.2, -0.15) is 0 Å². The molecule has 5 heteroatoms. The highest BCUT2D eigenvalue weighted by molar-refractivity contribution is 5.76. The molecule has 0 aromatic rings. The zero-order chi connectivity index (χ0) is 8.85. The highest BCUT2D eigenvalue weighted by Crippen LogP contribution is 1.97. The van der Waals surface area contributed by atoms with Crippen LogP contribution in [-0.4, -0.2) is 18.2 Å². The van der Waals surface area contributed by atoms with Gasteiger partial charge in [0.15, 0.2) is 0 Å². The Labute approximate surface area is 64.1 Å². The monoisotopic (exact) mass is 155 g/mol. The molecule has 0 fully saturated rings. The fraction of sp³-hybridized carbons (Fsp3) is 0.167. The van der Waals surface area contributed by atoms with Gasteiger partial charge in [0.1, 0.15) is 11.9 Å². The van der Waals surface area contributed by atoms with Gasteiger partial charge in [0.25, 0.3) is 0 Å².